The maximum absolute atomic E-state index is 13.5. The largest absolute Gasteiger partial charge is 0.352 e. The van der Waals surface area contributed by atoms with E-state index in [1.165, 1.54) is 18.2 Å². The van der Waals surface area contributed by atoms with Crippen LogP contribution in [0.4, 0.5) is 8.78 Å². The zero-order valence-corrected chi connectivity index (χ0v) is 12.2. The van der Waals surface area contributed by atoms with Gasteiger partial charge in [0.05, 0.1) is 5.69 Å². The molecule has 3 rings (SSSR count). The van der Waals surface area contributed by atoms with E-state index in [4.69, 9.17) is 0 Å². The molecule has 6 heteroatoms. The molecule has 1 heterocycles. The Kier molecular flexibility index (Phi) is 3.92. The Morgan fingerprint density at radius 2 is 2.14 bits per heavy atom. The molecule has 116 valence electrons. The van der Waals surface area contributed by atoms with Gasteiger partial charge in [0.15, 0.2) is 0 Å². The highest BCUT2D eigenvalue weighted by molar-refractivity contribution is 5.79. The molecular weight excluding hydrogens is 288 g/mol. The first-order valence-corrected chi connectivity index (χ1v) is 7.29. The summed E-state index contributed by atoms with van der Waals surface area (Å²) in [4.78, 5) is 19.8. The highest BCUT2D eigenvalue weighted by Crippen LogP contribution is 2.24. The summed E-state index contributed by atoms with van der Waals surface area (Å²) in [5.74, 6) is -0.812. The van der Waals surface area contributed by atoms with Crippen molar-refractivity contribution in [1.82, 2.24) is 15.3 Å². The molecule has 1 unspecified atom stereocenters. The molecule has 0 spiro atoms. The lowest BCUT2D eigenvalue weighted by Crippen LogP contribution is -2.34. The fourth-order valence-corrected chi connectivity index (χ4v) is 2.87. The second-order valence-electron chi connectivity index (χ2n) is 5.61. The Morgan fingerprint density at radius 1 is 1.41 bits per heavy atom. The van der Waals surface area contributed by atoms with Crippen LogP contribution in [-0.2, 0) is 24.2 Å². The molecule has 0 saturated heterocycles. The Bertz CT molecular complexity index is 691. The zero-order valence-electron chi connectivity index (χ0n) is 12.2. The summed E-state index contributed by atoms with van der Waals surface area (Å²) < 4.78 is 27.1. The van der Waals surface area contributed by atoms with E-state index in [0.29, 0.717) is 12.8 Å². The van der Waals surface area contributed by atoms with Gasteiger partial charge in [0.1, 0.15) is 17.5 Å². The molecule has 4 nitrogen and oxygen atoms in total. The molecule has 0 radical (unpaired) electrons. The average molecular weight is 305 g/mol. The first-order valence-electron chi connectivity index (χ1n) is 7.29. The number of halogens is 2. The number of amides is 1. The van der Waals surface area contributed by atoms with E-state index in [1.807, 2.05) is 6.92 Å². The number of carbonyl (C=O) groups excluding carboxylic acids is 1. The predicted molar refractivity (Wildman–Crippen MR) is 77.0 cm³/mol. The molecule has 1 aromatic heterocycles. The maximum Gasteiger partial charge on any atom is 0.223 e. The van der Waals surface area contributed by atoms with Crippen molar-refractivity contribution < 1.29 is 13.6 Å². The van der Waals surface area contributed by atoms with Gasteiger partial charge in [0.25, 0.3) is 0 Å². The van der Waals surface area contributed by atoms with Crippen LogP contribution in [0.1, 0.15) is 29.2 Å². The Balaban J connectivity index is 1.64. The molecule has 0 saturated carbocycles. The van der Waals surface area contributed by atoms with Crippen LogP contribution < -0.4 is 5.32 Å². The van der Waals surface area contributed by atoms with Gasteiger partial charge in [-0.05, 0) is 31.9 Å². The first kappa shape index (κ1) is 14.7. The highest BCUT2D eigenvalue weighted by atomic mass is 19.1. The second-order valence-corrected chi connectivity index (χ2v) is 5.61. The van der Waals surface area contributed by atoms with Crippen LogP contribution in [0.5, 0.6) is 0 Å². The number of benzene rings is 1. The number of fused-ring (bicyclic) bond motifs is 1. The molecule has 22 heavy (non-hydrogen) atoms. The fourth-order valence-electron chi connectivity index (χ4n) is 2.87. The minimum Gasteiger partial charge on any atom is -0.352 e. The van der Waals surface area contributed by atoms with Crippen LogP contribution in [0.3, 0.4) is 0 Å². The van der Waals surface area contributed by atoms with Gasteiger partial charge in [0, 0.05) is 30.1 Å². The third kappa shape index (κ3) is 2.86. The summed E-state index contributed by atoms with van der Waals surface area (Å²) in [5, 5.41) is 2.63. The third-order valence-electron chi connectivity index (χ3n) is 4.03. The standard InChI is InChI=1S/C16H17F2N3O/c1-9-20-14-6-5-10(7-15(14)21-9)16(22)19-8-11-12(17)3-2-4-13(11)18/h2-4,10H,5-8H2,1H3,(H,19,22)(H,20,21). The summed E-state index contributed by atoms with van der Waals surface area (Å²) in [7, 11) is 0. The van der Waals surface area contributed by atoms with Crippen molar-refractivity contribution in [3.8, 4) is 0 Å². The number of carbonyl (C=O) groups is 1. The summed E-state index contributed by atoms with van der Waals surface area (Å²) in [6, 6.07) is 3.68. The topological polar surface area (TPSA) is 57.8 Å². The van der Waals surface area contributed by atoms with Crippen molar-refractivity contribution in [2.24, 2.45) is 5.92 Å². The molecule has 1 atom stereocenters. The van der Waals surface area contributed by atoms with Crippen LogP contribution in [0.25, 0.3) is 0 Å². The number of hydrogen-bond acceptors (Lipinski definition) is 2. The van der Waals surface area contributed by atoms with Crippen molar-refractivity contribution in [2.75, 3.05) is 0 Å². The predicted octanol–water partition coefficient (Wildman–Crippen LogP) is 2.42. The van der Waals surface area contributed by atoms with Crippen molar-refractivity contribution in [3.63, 3.8) is 0 Å². The molecule has 1 aliphatic rings. The van der Waals surface area contributed by atoms with E-state index in [-0.39, 0.29) is 23.9 Å². The Labute approximate surface area is 127 Å². The molecule has 0 fully saturated rings. The fraction of sp³-hybridized carbons (Fsp3) is 0.375. The molecule has 0 aliphatic heterocycles. The minimum atomic E-state index is -0.643. The maximum atomic E-state index is 13.5. The van der Waals surface area contributed by atoms with Crippen LogP contribution in [-0.4, -0.2) is 15.9 Å². The van der Waals surface area contributed by atoms with Gasteiger partial charge in [0.2, 0.25) is 5.91 Å². The Morgan fingerprint density at radius 3 is 2.86 bits per heavy atom. The van der Waals surface area contributed by atoms with Crippen molar-refractivity contribution >= 4 is 5.91 Å². The number of nitrogens with one attached hydrogen (secondary N) is 2. The quantitative estimate of drug-likeness (QED) is 0.915. The normalized spacial score (nSPS) is 17.1. The van der Waals surface area contributed by atoms with Gasteiger partial charge < -0.3 is 10.3 Å². The van der Waals surface area contributed by atoms with Gasteiger partial charge in [-0.2, -0.15) is 0 Å². The van der Waals surface area contributed by atoms with Gasteiger partial charge in [-0.3, -0.25) is 4.79 Å². The van der Waals surface area contributed by atoms with Crippen LogP contribution in [0.2, 0.25) is 0 Å². The van der Waals surface area contributed by atoms with E-state index in [0.717, 1.165) is 23.6 Å². The van der Waals surface area contributed by atoms with E-state index < -0.39 is 11.6 Å². The van der Waals surface area contributed by atoms with E-state index in [9.17, 15) is 13.6 Å². The van der Waals surface area contributed by atoms with Crippen molar-refractivity contribution in [1.29, 1.82) is 0 Å². The van der Waals surface area contributed by atoms with Gasteiger partial charge >= 0.3 is 0 Å². The highest BCUT2D eigenvalue weighted by Gasteiger charge is 2.26. The molecule has 2 N–H and O–H groups in total. The number of aryl methyl sites for hydroxylation is 2. The second kappa shape index (κ2) is 5.87. The lowest BCUT2D eigenvalue weighted by Gasteiger charge is -2.20. The molecule has 1 aromatic carbocycles. The summed E-state index contributed by atoms with van der Waals surface area (Å²) >= 11 is 0. The van der Waals surface area contributed by atoms with E-state index in [1.54, 1.807) is 0 Å². The first-order chi connectivity index (χ1) is 10.5. The van der Waals surface area contributed by atoms with Gasteiger partial charge in [-0.1, -0.05) is 6.07 Å². The smallest absolute Gasteiger partial charge is 0.223 e. The van der Waals surface area contributed by atoms with Crippen LogP contribution in [0, 0.1) is 24.5 Å². The number of aromatic nitrogens is 2. The number of imidazole rings is 1. The third-order valence-corrected chi connectivity index (χ3v) is 4.03. The number of nitrogens with zero attached hydrogens (tertiary/aromatic N) is 1. The molecular formula is C16H17F2N3O. The van der Waals surface area contributed by atoms with E-state index >= 15 is 0 Å². The van der Waals surface area contributed by atoms with Gasteiger partial charge in [-0.25, -0.2) is 13.8 Å². The monoisotopic (exact) mass is 305 g/mol. The molecule has 0 bridgehead atoms. The summed E-state index contributed by atoms with van der Waals surface area (Å²) in [6.45, 7) is 1.75. The van der Waals surface area contributed by atoms with Gasteiger partial charge in [-0.15, -0.1) is 0 Å². The number of rotatable bonds is 3. The summed E-state index contributed by atoms with van der Waals surface area (Å²) in [6.07, 6.45) is 2.02. The van der Waals surface area contributed by atoms with E-state index in [2.05, 4.69) is 15.3 Å². The number of hydrogen-bond donors (Lipinski definition) is 2. The Hall–Kier alpha value is -2.24. The molecule has 2 aromatic rings. The number of H-pyrrole nitrogens is 1. The average Bonchev–Trinajstić information content (AvgIpc) is 2.85. The zero-order chi connectivity index (χ0) is 15.7. The molecule has 1 aliphatic carbocycles. The minimum absolute atomic E-state index is 0.107. The molecule has 1 amide bonds. The lowest BCUT2D eigenvalue weighted by molar-refractivity contribution is -0.125. The SMILES string of the molecule is Cc1nc2c([nH]1)CC(C(=O)NCc1c(F)cccc1F)CC2. The summed E-state index contributed by atoms with van der Waals surface area (Å²) in [5.41, 5.74) is 1.90. The van der Waals surface area contributed by atoms with Crippen molar-refractivity contribution in [2.45, 2.75) is 32.7 Å². The number of aromatic amines is 1. The lowest BCUT2D eigenvalue weighted by atomic mass is 9.89. The van der Waals surface area contributed by atoms with Crippen molar-refractivity contribution in [3.05, 3.63) is 52.6 Å². The van der Waals surface area contributed by atoms with Crippen LogP contribution >= 0.6 is 0 Å². The van der Waals surface area contributed by atoms with Crippen LogP contribution in [0.15, 0.2) is 18.2 Å².